The Labute approximate surface area is 132 Å². The molecule has 0 radical (unpaired) electrons. The highest BCUT2D eigenvalue weighted by Crippen LogP contribution is 2.35. The van der Waals surface area contributed by atoms with Gasteiger partial charge in [-0.2, -0.15) is 5.10 Å². The van der Waals surface area contributed by atoms with E-state index in [9.17, 15) is 0 Å². The van der Waals surface area contributed by atoms with Gasteiger partial charge in [-0.05, 0) is 31.8 Å². The lowest BCUT2D eigenvalue weighted by Gasteiger charge is -2.35. The second-order valence-electron chi connectivity index (χ2n) is 6.12. The van der Waals surface area contributed by atoms with Crippen LogP contribution in [0.4, 0.5) is 0 Å². The highest BCUT2D eigenvalue weighted by Gasteiger charge is 2.35. The molecule has 0 amide bonds. The zero-order valence-corrected chi connectivity index (χ0v) is 13.4. The Morgan fingerprint density at radius 1 is 1.10 bits per heavy atom. The van der Waals surface area contributed by atoms with E-state index in [1.54, 1.807) is 0 Å². The summed E-state index contributed by atoms with van der Waals surface area (Å²) in [5.74, 6) is 2.45. The van der Waals surface area contributed by atoms with Gasteiger partial charge in [-0.15, -0.1) is 12.4 Å². The summed E-state index contributed by atoms with van der Waals surface area (Å²) in [5, 5.41) is 11.0. The van der Waals surface area contributed by atoms with Crippen molar-refractivity contribution in [1.82, 2.24) is 20.5 Å². The van der Waals surface area contributed by atoms with Crippen LogP contribution in [0.15, 0.2) is 30.3 Å². The third-order valence-corrected chi connectivity index (χ3v) is 4.49. The highest BCUT2D eigenvalue weighted by molar-refractivity contribution is 5.85. The van der Waals surface area contributed by atoms with Crippen LogP contribution >= 0.6 is 12.4 Å². The number of hydrogen-bond acceptors (Lipinski definition) is 3. The van der Waals surface area contributed by atoms with E-state index in [0.29, 0.717) is 5.92 Å². The topological polar surface area (TPSA) is 53.6 Å². The summed E-state index contributed by atoms with van der Waals surface area (Å²) >= 11 is 0. The van der Waals surface area contributed by atoms with Crippen molar-refractivity contribution in [3.8, 4) is 11.4 Å². The number of halogens is 1. The first-order valence-electron chi connectivity index (χ1n) is 7.37. The average molecular weight is 307 g/mol. The van der Waals surface area contributed by atoms with Gasteiger partial charge in [0.25, 0.3) is 0 Å². The molecule has 1 aliphatic rings. The SMILES string of the molecule is CC(C)(c1nc(-c2ccccc2)n[nH]1)C1CCNCC1.Cl. The summed E-state index contributed by atoms with van der Waals surface area (Å²) in [5.41, 5.74) is 1.11. The van der Waals surface area contributed by atoms with Crippen molar-refractivity contribution in [3.63, 3.8) is 0 Å². The Kier molecular flexibility index (Phi) is 5.01. The van der Waals surface area contributed by atoms with Crippen molar-refractivity contribution in [3.05, 3.63) is 36.2 Å². The molecule has 2 aromatic rings. The Morgan fingerprint density at radius 2 is 1.76 bits per heavy atom. The maximum absolute atomic E-state index is 4.74. The molecule has 21 heavy (non-hydrogen) atoms. The molecule has 0 bridgehead atoms. The molecule has 3 rings (SSSR count). The smallest absolute Gasteiger partial charge is 0.181 e. The highest BCUT2D eigenvalue weighted by atomic mass is 35.5. The van der Waals surface area contributed by atoms with Gasteiger partial charge in [-0.1, -0.05) is 44.2 Å². The number of aromatic amines is 1. The lowest BCUT2D eigenvalue weighted by Crippen LogP contribution is -2.38. The number of rotatable bonds is 3. The van der Waals surface area contributed by atoms with Gasteiger partial charge in [0.05, 0.1) is 0 Å². The van der Waals surface area contributed by atoms with Crippen LogP contribution in [-0.4, -0.2) is 28.3 Å². The zero-order chi connectivity index (χ0) is 14.0. The van der Waals surface area contributed by atoms with Gasteiger partial charge < -0.3 is 5.32 Å². The Hall–Kier alpha value is -1.39. The van der Waals surface area contributed by atoms with Crippen LogP contribution in [-0.2, 0) is 5.41 Å². The Morgan fingerprint density at radius 3 is 2.43 bits per heavy atom. The molecule has 2 heterocycles. The summed E-state index contributed by atoms with van der Waals surface area (Å²) in [4.78, 5) is 4.74. The van der Waals surface area contributed by atoms with E-state index in [4.69, 9.17) is 4.98 Å². The fourth-order valence-corrected chi connectivity index (χ4v) is 3.00. The minimum atomic E-state index is 0. The van der Waals surface area contributed by atoms with E-state index in [-0.39, 0.29) is 17.8 Å². The van der Waals surface area contributed by atoms with Gasteiger partial charge >= 0.3 is 0 Å². The molecule has 5 heteroatoms. The quantitative estimate of drug-likeness (QED) is 0.916. The van der Waals surface area contributed by atoms with Crippen molar-refractivity contribution in [2.75, 3.05) is 13.1 Å². The van der Waals surface area contributed by atoms with Gasteiger partial charge in [0.15, 0.2) is 5.82 Å². The number of hydrogen-bond donors (Lipinski definition) is 2. The molecule has 1 fully saturated rings. The summed E-state index contributed by atoms with van der Waals surface area (Å²) in [6.45, 7) is 6.76. The molecular weight excluding hydrogens is 284 g/mol. The lowest BCUT2D eigenvalue weighted by atomic mass is 9.73. The second-order valence-corrected chi connectivity index (χ2v) is 6.12. The molecule has 0 unspecified atom stereocenters. The third-order valence-electron chi connectivity index (χ3n) is 4.49. The number of nitrogens with one attached hydrogen (secondary N) is 2. The number of aromatic nitrogens is 3. The van der Waals surface area contributed by atoms with E-state index in [1.165, 1.54) is 12.8 Å². The summed E-state index contributed by atoms with van der Waals surface area (Å²) < 4.78 is 0. The lowest BCUT2D eigenvalue weighted by molar-refractivity contribution is 0.237. The van der Waals surface area contributed by atoms with Crippen LogP contribution < -0.4 is 5.32 Å². The largest absolute Gasteiger partial charge is 0.317 e. The van der Waals surface area contributed by atoms with Gasteiger partial charge in [-0.3, -0.25) is 5.10 Å². The summed E-state index contributed by atoms with van der Waals surface area (Å²) in [6, 6.07) is 10.1. The number of nitrogens with zero attached hydrogens (tertiary/aromatic N) is 2. The van der Waals surface area contributed by atoms with Crippen molar-refractivity contribution in [1.29, 1.82) is 0 Å². The molecule has 1 saturated heterocycles. The molecule has 2 N–H and O–H groups in total. The molecular formula is C16H23ClN4. The number of benzene rings is 1. The van der Waals surface area contributed by atoms with Gasteiger partial charge in [0.2, 0.25) is 0 Å². The molecule has 0 spiro atoms. The van der Waals surface area contributed by atoms with E-state index < -0.39 is 0 Å². The van der Waals surface area contributed by atoms with E-state index in [1.807, 2.05) is 30.3 Å². The minimum Gasteiger partial charge on any atom is -0.317 e. The van der Waals surface area contributed by atoms with E-state index in [0.717, 1.165) is 30.3 Å². The first-order chi connectivity index (χ1) is 9.68. The molecule has 0 atom stereocenters. The van der Waals surface area contributed by atoms with Crippen LogP contribution in [0.2, 0.25) is 0 Å². The normalized spacial score (nSPS) is 16.5. The molecule has 4 nitrogen and oxygen atoms in total. The fourth-order valence-electron chi connectivity index (χ4n) is 3.00. The predicted octanol–water partition coefficient (Wildman–Crippen LogP) is 3.17. The molecule has 0 saturated carbocycles. The van der Waals surface area contributed by atoms with Gasteiger partial charge in [0.1, 0.15) is 5.82 Å². The van der Waals surface area contributed by atoms with E-state index in [2.05, 4.69) is 29.4 Å². The van der Waals surface area contributed by atoms with Gasteiger partial charge in [0, 0.05) is 11.0 Å². The van der Waals surface area contributed by atoms with Crippen LogP contribution in [0, 0.1) is 5.92 Å². The minimum absolute atomic E-state index is 0. The molecule has 1 aromatic carbocycles. The Balaban J connectivity index is 0.00000161. The van der Waals surface area contributed by atoms with Crippen LogP contribution in [0.25, 0.3) is 11.4 Å². The molecule has 1 aliphatic heterocycles. The first-order valence-corrected chi connectivity index (χ1v) is 7.37. The Bertz CT molecular complexity index is 559. The van der Waals surface area contributed by atoms with Crippen LogP contribution in [0.1, 0.15) is 32.5 Å². The van der Waals surface area contributed by atoms with Crippen molar-refractivity contribution >= 4 is 12.4 Å². The monoisotopic (exact) mass is 306 g/mol. The molecule has 1 aromatic heterocycles. The van der Waals surface area contributed by atoms with Crippen LogP contribution in [0.3, 0.4) is 0 Å². The summed E-state index contributed by atoms with van der Waals surface area (Å²) in [7, 11) is 0. The number of H-pyrrole nitrogens is 1. The number of piperidine rings is 1. The summed E-state index contributed by atoms with van der Waals surface area (Å²) in [6.07, 6.45) is 2.41. The molecule has 0 aliphatic carbocycles. The third kappa shape index (κ3) is 3.27. The predicted molar refractivity (Wildman–Crippen MR) is 87.7 cm³/mol. The van der Waals surface area contributed by atoms with Crippen molar-refractivity contribution in [2.24, 2.45) is 5.92 Å². The van der Waals surface area contributed by atoms with Crippen LogP contribution in [0.5, 0.6) is 0 Å². The first kappa shape index (κ1) is 16.0. The standard InChI is InChI=1S/C16H22N4.ClH/c1-16(2,13-8-10-17-11-9-13)15-18-14(19-20-15)12-6-4-3-5-7-12;/h3-7,13,17H,8-11H2,1-2H3,(H,18,19,20);1H. The maximum atomic E-state index is 4.74. The van der Waals surface area contributed by atoms with Crippen molar-refractivity contribution < 1.29 is 0 Å². The van der Waals surface area contributed by atoms with Gasteiger partial charge in [-0.25, -0.2) is 4.98 Å². The average Bonchev–Trinajstić information content (AvgIpc) is 3.00. The zero-order valence-electron chi connectivity index (χ0n) is 12.6. The second kappa shape index (κ2) is 6.58. The maximum Gasteiger partial charge on any atom is 0.181 e. The molecule has 114 valence electrons. The van der Waals surface area contributed by atoms with E-state index >= 15 is 0 Å². The fraction of sp³-hybridized carbons (Fsp3) is 0.500. The van der Waals surface area contributed by atoms with Crippen molar-refractivity contribution in [2.45, 2.75) is 32.1 Å².